The first kappa shape index (κ1) is 27.9. The first-order valence-corrected chi connectivity index (χ1v) is 14.8. The molecule has 1 saturated carbocycles. The number of carbonyl (C=O) groups excluding carboxylic acids is 2. The van der Waals surface area contributed by atoms with Gasteiger partial charge in [-0.1, -0.05) is 20.8 Å². The van der Waals surface area contributed by atoms with Crippen LogP contribution < -0.4 is 10.1 Å². The molecule has 2 amide bonds. The summed E-state index contributed by atoms with van der Waals surface area (Å²) >= 11 is 0. The molecule has 4 heterocycles. The number of benzene rings is 1. The smallest absolute Gasteiger partial charge is 0.331 e. The summed E-state index contributed by atoms with van der Waals surface area (Å²) < 4.78 is 7.82. The zero-order valence-corrected chi connectivity index (χ0v) is 24.7. The zero-order valence-electron chi connectivity index (χ0n) is 24.7. The largest absolute Gasteiger partial charge is 0.439 e. The lowest BCUT2D eigenvalue weighted by Gasteiger charge is -2.35. The molecule has 1 aromatic carbocycles. The van der Waals surface area contributed by atoms with Crippen LogP contribution in [0, 0.1) is 0 Å². The highest BCUT2D eigenvalue weighted by atomic mass is 16.5. The number of ether oxygens (including phenoxy) is 1. The van der Waals surface area contributed by atoms with Crippen molar-refractivity contribution in [2.45, 2.75) is 71.4 Å². The van der Waals surface area contributed by atoms with E-state index in [-0.39, 0.29) is 23.4 Å². The van der Waals surface area contributed by atoms with Crippen molar-refractivity contribution in [1.29, 1.82) is 0 Å². The van der Waals surface area contributed by atoms with E-state index in [1.807, 2.05) is 35.2 Å². The number of hydrogen-bond donors (Lipinski definition) is 2. The minimum Gasteiger partial charge on any atom is -0.439 e. The Morgan fingerprint density at radius 3 is 2.74 bits per heavy atom. The van der Waals surface area contributed by atoms with Crippen molar-refractivity contribution in [2.24, 2.45) is 0 Å². The fourth-order valence-electron chi connectivity index (χ4n) is 5.65. The van der Waals surface area contributed by atoms with Crippen LogP contribution >= 0.6 is 0 Å². The van der Waals surface area contributed by atoms with Crippen LogP contribution in [0.3, 0.4) is 0 Å². The number of nitrogens with zero attached hydrogens (tertiary/aromatic N) is 6. The zero-order chi connectivity index (χ0) is 29.4. The molecule has 2 N–H and O–H groups in total. The van der Waals surface area contributed by atoms with E-state index in [1.165, 1.54) is 6.33 Å². The molecule has 42 heavy (non-hydrogen) atoms. The summed E-state index contributed by atoms with van der Waals surface area (Å²) in [7, 11) is 0. The Morgan fingerprint density at radius 1 is 1.17 bits per heavy atom. The Labute approximate surface area is 245 Å². The SMILES string of the molecule is CCN(CC)CCC(=O)N1Cc2ncnc(Oc3ccc4c(ccn4C(=O)Nc4cc(C5(C)CC5)[nH]n4)c3)c2C[C@@H]1C. The maximum Gasteiger partial charge on any atom is 0.331 e. The first-order chi connectivity index (χ1) is 20.3. The van der Waals surface area contributed by atoms with Crippen LogP contribution in [0.2, 0.25) is 0 Å². The van der Waals surface area contributed by atoms with Crippen LogP contribution in [0.25, 0.3) is 10.9 Å². The summed E-state index contributed by atoms with van der Waals surface area (Å²) in [5.74, 6) is 1.76. The average Bonchev–Trinajstić information content (AvgIpc) is 3.36. The normalized spacial score (nSPS) is 17.4. The summed E-state index contributed by atoms with van der Waals surface area (Å²) in [6.07, 6.45) is 6.60. The van der Waals surface area contributed by atoms with E-state index in [1.54, 1.807) is 10.8 Å². The number of amides is 2. The second kappa shape index (κ2) is 11.2. The minimum absolute atomic E-state index is 0.0165. The van der Waals surface area contributed by atoms with Crippen LogP contribution in [-0.2, 0) is 23.2 Å². The van der Waals surface area contributed by atoms with Gasteiger partial charge in [0.2, 0.25) is 11.8 Å². The topological polar surface area (TPSA) is 121 Å². The van der Waals surface area contributed by atoms with Gasteiger partial charge in [0.1, 0.15) is 12.1 Å². The van der Waals surface area contributed by atoms with Crippen molar-refractivity contribution in [3.8, 4) is 11.6 Å². The van der Waals surface area contributed by atoms with E-state index < -0.39 is 0 Å². The van der Waals surface area contributed by atoms with Gasteiger partial charge < -0.3 is 14.5 Å². The van der Waals surface area contributed by atoms with E-state index in [2.05, 4.69) is 58.1 Å². The lowest BCUT2D eigenvalue weighted by atomic mass is 9.99. The van der Waals surface area contributed by atoms with Crippen LogP contribution in [-0.4, -0.2) is 72.1 Å². The molecule has 1 fully saturated rings. The van der Waals surface area contributed by atoms with Crippen molar-refractivity contribution in [1.82, 2.24) is 34.5 Å². The van der Waals surface area contributed by atoms with E-state index in [9.17, 15) is 9.59 Å². The van der Waals surface area contributed by atoms with E-state index in [0.717, 1.165) is 60.3 Å². The average molecular weight is 571 g/mol. The van der Waals surface area contributed by atoms with Gasteiger partial charge in [-0.05, 0) is 63.5 Å². The third kappa shape index (κ3) is 5.48. The summed E-state index contributed by atoms with van der Waals surface area (Å²) in [5, 5.41) is 11.1. The summed E-state index contributed by atoms with van der Waals surface area (Å²) in [6, 6.07) is 9.10. The number of H-pyrrole nitrogens is 1. The summed E-state index contributed by atoms with van der Waals surface area (Å²) in [5.41, 5.74) is 3.69. The molecule has 4 aromatic rings. The number of aromatic amines is 1. The van der Waals surface area contributed by atoms with Crippen molar-refractivity contribution in [3.05, 3.63) is 59.8 Å². The number of aromatic nitrogens is 5. The van der Waals surface area contributed by atoms with Gasteiger partial charge in [-0.2, -0.15) is 5.10 Å². The lowest BCUT2D eigenvalue weighted by Crippen LogP contribution is -2.44. The number of rotatable bonds is 9. The Balaban J connectivity index is 1.14. The predicted octanol–water partition coefficient (Wildman–Crippen LogP) is 5.08. The van der Waals surface area contributed by atoms with Crippen LogP contribution in [0.15, 0.2) is 42.9 Å². The molecule has 0 spiro atoms. The Morgan fingerprint density at radius 2 is 1.98 bits per heavy atom. The molecule has 220 valence electrons. The molecule has 1 aliphatic heterocycles. The summed E-state index contributed by atoms with van der Waals surface area (Å²) in [4.78, 5) is 39.2. The van der Waals surface area contributed by atoms with Crippen molar-refractivity contribution >= 4 is 28.7 Å². The molecule has 3 aromatic heterocycles. The third-order valence-corrected chi connectivity index (χ3v) is 8.76. The highest BCUT2D eigenvalue weighted by molar-refractivity contribution is 5.98. The Hall–Kier alpha value is -4.25. The number of anilines is 1. The van der Waals surface area contributed by atoms with Gasteiger partial charge in [0.15, 0.2) is 5.82 Å². The highest BCUT2D eigenvalue weighted by Crippen LogP contribution is 2.47. The molecule has 1 atom stereocenters. The Kier molecular flexibility index (Phi) is 7.44. The van der Waals surface area contributed by atoms with Gasteiger partial charge in [-0.3, -0.25) is 19.8 Å². The van der Waals surface area contributed by atoms with Crippen molar-refractivity contribution < 1.29 is 14.3 Å². The molecule has 0 bridgehead atoms. The quantitative estimate of drug-likeness (QED) is 0.288. The molecule has 11 heteroatoms. The molecule has 6 rings (SSSR count). The van der Waals surface area contributed by atoms with Crippen molar-refractivity contribution in [3.63, 3.8) is 0 Å². The maximum atomic E-state index is 13.0. The van der Waals surface area contributed by atoms with Gasteiger partial charge in [0.05, 0.1) is 17.8 Å². The standard InChI is InChI=1S/C31H38N8O3/c1-5-37(6-2)13-10-28(40)39-18-24-23(15-20(39)3)29(33-19-32-24)42-22-7-8-25-21(16-22)9-14-38(25)30(41)34-27-17-26(35-36-27)31(4)11-12-31/h7-9,14,16-17,19-20H,5-6,10-13,15,18H2,1-4H3,(H2,34,35,36,41)/t20-/m0/s1. The molecule has 0 unspecified atom stereocenters. The predicted molar refractivity (Wildman–Crippen MR) is 160 cm³/mol. The number of hydrogen-bond acceptors (Lipinski definition) is 7. The van der Waals surface area contributed by atoms with Gasteiger partial charge in [-0.25, -0.2) is 14.8 Å². The van der Waals surface area contributed by atoms with E-state index in [4.69, 9.17) is 4.74 Å². The van der Waals surface area contributed by atoms with Crippen LogP contribution in [0.5, 0.6) is 11.6 Å². The van der Waals surface area contributed by atoms with Crippen LogP contribution in [0.1, 0.15) is 63.9 Å². The maximum absolute atomic E-state index is 13.0. The number of carbonyl (C=O) groups is 2. The van der Waals surface area contributed by atoms with Gasteiger partial charge in [0, 0.05) is 53.3 Å². The second-order valence-electron chi connectivity index (χ2n) is 11.6. The molecule has 0 saturated heterocycles. The third-order valence-electron chi connectivity index (χ3n) is 8.76. The second-order valence-corrected chi connectivity index (χ2v) is 11.6. The van der Waals surface area contributed by atoms with E-state index >= 15 is 0 Å². The molecular formula is C31H38N8O3. The van der Waals surface area contributed by atoms with Crippen LogP contribution in [0.4, 0.5) is 10.6 Å². The molecule has 1 aliphatic carbocycles. The fraction of sp³-hybridized carbons (Fsp3) is 0.452. The lowest BCUT2D eigenvalue weighted by molar-refractivity contribution is -0.134. The first-order valence-electron chi connectivity index (χ1n) is 14.8. The number of nitrogens with one attached hydrogen (secondary N) is 2. The van der Waals surface area contributed by atoms with Gasteiger partial charge in [-0.15, -0.1) is 0 Å². The molecule has 0 radical (unpaired) electrons. The van der Waals surface area contributed by atoms with Gasteiger partial charge >= 0.3 is 6.03 Å². The van der Waals surface area contributed by atoms with E-state index in [0.29, 0.717) is 36.8 Å². The molecule has 2 aliphatic rings. The fourth-order valence-corrected chi connectivity index (χ4v) is 5.65. The Bertz CT molecular complexity index is 1620. The van der Waals surface area contributed by atoms with Crippen molar-refractivity contribution in [2.75, 3.05) is 25.0 Å². The summed E-state index contributed by atoms with van der Waals surface area (Å²) in [6.45, 7) is 11.6. The minimum atomic E-state index is -0.285. The monoisotopic (exact) mass is 570 g/mol. The molecule has 11 nitrogen and oxygen atoms in total. The highest BCUT2D eigenvalue weighted by Gasteiger charge is 2.40. The van der Waals surface area contributed by atoms with Gasteiger partial charge in [0.25, 0.3) is 0 Å². The number of fused-ring (bicyclic) bond motifs is 2. The molecular weight excluding hydrogens is 532 g/mol.